The predicted molar refractivity (Wildman–Crippen MR) is 160 cm³/mol. The van der Waals surface area contributed by atoms with Gasteiger partial charge in [-0.05, 0) is 85.3 Å². The molecule has 4 heteroatoms. The second kappa shape index (κ2) is 9.07. The van der Waals surface area contributed by atoms with Crippen molar-refractivity contribution in [3.8, 4) is 45.6 Å². The van der Waals surface area contributed by atoms with Gasteiger partial charge in [-0.3, -0.25) is 0 Å². The van der Waals surface area contributed by atoms with E-state index in [1.807, 2.05) is 66.9 Å². The maximum atomic E-state index is 10.1. The summed E-state index contributed by atoms with van der Waals surface area (Å²) in [5, 5.41) is 24.1. The highest BCUT2D eigenvalue weighted by Crippen LogP contribution is 2.46. The van der Waals surface area contributed by atoms with E-state index in [1.54, 1.807) is 0 Å². The summed E-state index contributed by atoms with van der Waals surface area (Å²) in [6.45, 7) is 7.94. The van der Waals surface area contributed by atoms with Crippen LogP contribution in [-0.2, 0) is 0 Å². The van der Waals surface area contributed by atoms with Crippen molar-refractivity contribution < 1.29 is 0 Å². The zero-order chi connectivity index (χ0) is 27.2. The van der Waals surface area contributed by atoms with Gasteiger partial charge in [0.05, 0.1) is 23.9 Å². The lowest BCUT2D eigenvalue weighted by molar-refractivity contribution is 1.43. The minimum atomic E-state index is 0.489. The highest BCUT2D eigenvalue weighted by molar-refractivity contribution is 6.26. The van der Waals surface area contributed by atoms with E-state index in [-0.39, 0.29) is 0 Å². The minimum Gasteiger partial charge on any atom is -0.237 e. The van der Waals surface area contributed by atoms with Gasteiger partial charge in [-0.1, -0.05) is 78.9 Å². The highest BCUT2D eigenvalue weighted by Gasteiger charge is 2.29. The van der Waals surface area contributed by atoms with Gasteiger partial charge in [0.15, 0.2) is 5.69 Å². The van der Waals surface area contributed by atoms with Gasteiger partial charge < -0.3 is 0 Å². The Morgan fingerprint density at radius 3 is 1.68 bits per heavy atom. The Morgan fingerprint density at radius 1 is 0.550 bits per heavy atom. The zero-order valence-corrected chi connectivity index (χ0v) is 21.2. The maximum absolute atomic E-state index is 10.1. The lowest BCUT2D eigenvalue weighted by Gasteiger charge is -2.12. The van der Waals surface area contributed by atoms with Crippen molar-refractivity contribution in [3.05, 3.63) is 137 Å². The summed E-state index contributed by atoms with van der Waals surface area (Å²) >= 11 is 0. The second-order valence-corrected chi connectivity index (χ2v) is 9.77. The summed E-state index contributed by atoms with van der Waals surface area (Å²) < 4.78 is 0. The molecular weight excluding hydrogens is 488 g/mol. The molecule has 7 rings (SSSR count). The number of nitriles is 2. The highest BCUT2D eigenvalue weighted by atomic mass is 14.7. The van der Waals surface area contributed by atoms with Crippen LogP contribution < -0.4 is 0 Å². The summed E-state index contributed by atoms with van der Waals surface area (Å²) in [7, 11) is 0. The first-order chi connectivity index (χ1) is 19.7. The third-order valence-corrected chi connectivity index (χ3v) is 7.62. The fourth-order valence-electron chi connectivity index (χ4n) is 5.71. The molecule has 0 saturated heterocycles. The van der Waals surface area contributed by atoms with Crippen LogP contribution >= 0.6 is 0 Å². The average Bonchev–Trinajstić information content (AvgIpc) is 3.30. The van der Waals surface area contributed by atoms with E-state index < -0.39 is 0 Å². The van der Waals surface area contributed by atoms with Gasteiger partial charge in [-0.2, -0.15) is 15.5 Å². The molecule has 0 fully saturated rings. The third kappa shape index (κ3) is 3.55. The fourth-order valence-corrected chi connectivity index (χ4v) is 5.71. The van der Waals surface area contributed by atoms with Crippen LogP contribution in [0.15, 0.2) is 114 Å². The Bertz CT molecular complexity index is 2050. The molecule has 40 heavy (non-hydrogen) atoms. The summed E-state index contributed by atoms with van der Waals surface area (Å²) in [5.41, 5.74) is 8.25. The quantitative estimate of drug-likeness (QED) is 0.173. The average molecular weight is 507 g/mol. The smallest absolute Gasteiger partial charge is 0.206 e. The molecule has 0 N–H and O–H groups in total. The Morgan fingerprint density at radius 2 is 1.10 bits per heavy atom. The van der Waals surface area contributed by atoms with E-state index >= 15 is 0 Å². The molecule has 0 radical (unpaired) electrons. The lowest BCUT2D eigenvalue weighted by atomic mass is 9.91. The van der Waals surface area contributed by atoms with E-state index in [0.29, 0.717) is 17.0 Å². The van der Waals surface area contributed by atoms with E-state index in [1.165, 1.54) is 0 Å². The first kappa shape index (κ1) is 23.1. The number of aliphatic imine (C=N–C) groups is 1. The summed E-state index contributed by atoms with van der Waals surface area (Å²) in [6.07, 6.45) is 1.93. The van der Waals surface area contributed by atoms with Crippen molar-refractivity contribution in [1.82, 2.24) is 0 Å². The van der Waals surface area contributed by atoms with Crippen molar-refractivity contribution >= 4 is 32.9 Å². The largest absolute Gasteiger partial charge is 0.237 e. The van der Waals surface area contributed by atoms with Gasteiger partial charge >= 0.3 is 0 Å². The Hall–Kier alpha value is -6.02. The molecule has 0 unspecified atom stereocenters. The van der Waals surface area contributed by atoms with Crippen LogP contribution in [0.25, 0.3) is 59.8 Å². The number of rotatable bonds is 2. The lowest BCUT2D eigenvalue weighted by Crippen LogP contribution is -1.99. The molecule has 0 spiro atoms. The second-order valence-electron chi connectivity index (χ2n) is 9.77. The summed E-state index contributed by atoms with van der Waals surface area (Å²) in [6, 6.07) is 38.8. The molecule has 6 aromatic carbocycles. The van der Waals surface area contributed by atoms with Crippen LogP contribution in [0.3, 0.4) is 0 Å². The van der Waals surface area contributed by atoms with Crippen molar-refractivity contribution in [2.24, 2.45) is 4.99 Å². The molecule has 182 valence electrons. The van der Waals surface area contributed by atoms with Gasteiger partial charge in [0, 0.05) is 11.1 Å². The molecule has 0 heterocycles. The third-order valence-electron chi connectivity index (χ3n) is 7.62. The van der Waals surface area contributed by atoms with Crippen molar-refractivity contribution in [3.63, 3.8) is 0 Å². The molecular formula is C36H18N4. The first-order valence-electron chi connectivity index (χ1n) is 12.8. The van der Waals surface area contributed by atoms with Crippen molar-refractivity contribution in [1.29, 1.82) is 10.5 Å². The molecule has 4 nitrogen and oxygen atoms in total. The first-order valence-corrected chi connectivity index (χ1v) is 12.8. The molecule has 1 aliphatic carbocycles. The standard InChI is InChI=1S/C36H18N4/c1-39-35-19-34-32(18-30(35)27-13-11-23-7-3-5-9-25(23)15-27)31-17-29(28(20-37)16-33(31)36(34)40-21-38)26-12-10-22-6-2-4-8-24(22)14-26/h2-19H. The molecule has 0 saturated carbocycles. The van der Waals surface area contributed by atoms with Crippen LogP contribution in [0.5, 0.6) is 0 Å². The fraction of sp³-hybridized carbons (Fsp3) is 0. The Labute approximate surface area is 231 Å². The summed E-state index contributed by atoms with van der Waals surface area (Å²) in [4.78, 5) is 8.00. The molecule has 0 aromatic heterocycles. The van der Waals surface area contributed by atoms with Gasteiger partial charge in [0.2, 0.25) is 6.19 Å². The van der Waals surface area contributed by atoms with Gasteiger partial charge in [-0.15, -0.1) is 0 Å². The maximum Gasteiger partial charge on any atom is 0.206 e. The molecule has 0 aliphatic heterocycles. The monoisotopic (exact) mass is 506 g/mol. The Kier molecular flexibility index (Phi) is 5.24. The summed E-state index contributed by atoms with van der Waals surface area (Å²) in [5.74, 6) is 0. The van der Waals surface area contributed by atoms with Gasteiger partial charge in [-0.25, -0.2) is 4.85 Å². The minimum absolute atomic E-state index is 0.489. The van der Waals surface area contributed by atoms with Crippen LogP contribution in [0.1, 0.15) is 16.7 Å². The molecule has 0 atom stereocenters. The topological polar surface area (TPSA) is 64.3 Å². The normalized spacial score (nSPS) is 12.5. The number of hydrogen-bond acceptors (Lipinski definition) is 3. The predicted octanol–water partition coefficient (Wildman–Crippen LogP) is 9.05. The van der Waals surface area contributed by atoms with E-state index in [2.05, 4.69) is 64.4 Å². The van der Waals surface area contributed by atoms with Crippen LogP contribution in [0, 0.1) is 29.4 Å². The number of benzene rings is 6. The number of hydrogen-bond donors (Lipinski definition) is 0. The van der Waals surface area contributed by atoms with Crippen LogP contribution in [0.4, 0.5) is 5.69 Å². The van der Waals surface area contributed by atoms with Crippen LogP contribution in [-0.4, -0.2) is 5.71 Å². The van der Waals surface area contributed by atoms with Gasteiger partial charge in [0.1, 0.15) is 0 Å². The molecule has 6 aromatic rings. The van der Waals surface area contributed by atoms with E-state index in [9.17, 15) is 10.5 Å². The number of nitrogens with zero attached hydrogens (tertiary/aromatic N) is 4. The van der Waals surface area contributed by atoms with E-state index in [0.717, 1.165) is 66.1 Å². The van der Waals surface area contributed by atoms with Crippen molar-refractivity contribution in [2.45, 2.75) is 0 Å². The van der Waals surface area contributed by atoms with Gasteiger partial charge in [0.25, 0.3) is 0 Å². The van der Waals surface area contributed by atoms with Crippen LogP contribution in [0.2, 0.25) is 0 Å². The molecule has 1 aliphatic rings. The van der Waals surface area contributed by atoms with Crippen molar-refractivity contribution in [2.75, 3.05) is 0 Å². The van der Waals surface area contributed by atoms with E-state index in [4.69, 9.17) is 6.57 Å². The zero-order valence-electron chi connectivity index (χ0n) is 21.2. The Balaban J connectivity index is 1.48. The number of fused-ring (bicyclic) bond motifs is 5. The molecule has 0 amide bonds. The molecule has 0 bridgehead atoms. The SMILES string of the molecule is [C-]#[N+]c1cc2c(cc1-c1ccc3ccccc3c1)-c1cc(-c3ccc4ccccc4c3)c(C#N)cc1C2=NC#N.